The van der Waals surface area contributed by atoms with Crippen molar-refractivity contribution in [2.24, 2.45) is 5.92 Å². The van der Waals surface area contributed by atoms with Gasteiger partial charge in [-0.05, 0) is 37.6 Å². The van der Waals surface area contributed by atoms with E-state index in [4.69, 9.17) is 0 Å². The van der Waals surface area contributed by atoms with Gasteiger partial charge in [0.15, 0.2) is 0 Å². The Morgan fingerprint density at radius 2 is 2.17 bits per heavy atom. The number of anilines is 1. The zero-order chi connectivity index (χ0) is 13.3. The molecule has 0 radical (unpaired) electrons. The van der Waals surface area contributed by atoms with Crippen LogP contribution in [0, 0.1) is 5.92 Å². The highest BCUT2D eigenvalue weighted by molar-refractivity contribution is 7.93. The molecule has 1 aromatic carbocycles. The first-order valence-corrected chi connectivity index (χ1v) is 7.82. The van der Waals surface area contributed by atoms with Gasteiger partial charge in [0, 0.05) is 12.6 Å². The Labute approximate surface area is 109 Å². The highest BCUT2D eigenvalue weighted by atomic mass is 32.2. The Kier molecular flexibility index (Phi) is 3.64. The van der Waals surface area contributed by atoms with E-state index < -0.39 is 10.0 Å². The molecule has 0 spiro atoms. The van der Waals surface area contributed by atoms with Crippen LogP contribution in [0.15, 0.2) is 24.3 Å². The van der Waals surface area contributed by atoms with Gasteiger partial charge < -0.3 is 5.32 Å². The third-order valence-electron chi connectivity index (χ3n) is 3.40. The molecule has 1 saturated heterocycles. The second-order valence-corrected chi connectivity index (χ2v) is 6.96. The Morgan fingerprint density at radius 1 is 1.44 bits per heavy atom. The lowest BCUT2D eigenvalue weighted by molar-refractivity contribution is 0.598. The molecule has 100 valence electrons. The second kappa shape index (κ2) is 4.90. The van der Waals surface area contributed by atoms with E-state index in [-0.39, 0.29) is 17.7 Å². The van der Waals surface area contributed by atoms with Crippen LogP contribution in [0.3, 0.4) is 0 Å². The van der Waals surface area contributed by atoms with Gasteiger partial charge in [0.1, 0.15) is 0 Å². The molecule has 1 aliphatic rings. The summed E-state index contributed by atoms with van der Waals surface area (Å²) in [5.41, 5.74) is 1.88. The monoisotopic (exact) mass is 268 g/mol. The molecule has 4 nitrogen and oxygen atoms in total. The number of sulfonamides is 1. The smallest absolute Gasteiger partial charge is 0.235 e. The fourth-order valence-corrected chi connectivity index (χ4v) is 4.20. The van der Waals surface area contributed by atoms with Crippen LogP contribution >= 0.6 is 0 Å². The Hall–Kier alpha value is -1.07. The van der Waals surface area contributed by atoms with Crippen LogP contribution in [-0.2, 0) is 10.0 Å². The fraction of sp³-hybridized carbons (Fsp3) is 0.538. The van der Waals surface area contributed by atoms with Crippen LogP contribution in [0.2, 0.25) is 0 Å². The molecule has 1 fully saturated rings. The molecule has 0 amide bonds. The molecule has 0 saturated carbocycles. The van der Waals surface area contributed by atoms with Gasteiger partial charge in [0.05, 0.1) is 11.4 Å². The number of rotatable bonds is 3. The van der Waals surface area contributed by atoms with Crippen LogP contribution in [-0.4, -0.2) is 27.8 Å². The van der Waals surface area contributed by atoms with E-state index in [1.807, 2.05) is 38.2 Å². The zero-order valence-electron chi connectivity index (χ0n) is 11.1. The van der Waals surface area contributed by atoms with Crippen molar-refractivity contribution in [2.45, 2.75) is 19.9 Å². The van der Waals surface area contributed by atoms with Crippen molar-refractivity contribution >= 4 is 15.7 Å². The van der Waals surface area contributed by atoms with E-state index in [2.05, 4.69) is 12.2 Å². The molecular formula is C13H20N2O2S. The molecule has 0 bridgehead atoms. The summed E-state index contributed by atoms with van der Waals surface area (Å²) in [5.74, 6) is 0.444. The van der Waals surface area contributed by atoms with Gasteiger partial charge in [-0.1, -0.05) is 19.1 Å². The first kappa shape index (κ1) is 13.4. The lowest BCUT2D eigenvalue weighted by atomic mass is 10.1. The summed E-state index contributed by atoms with van der Waals surface area (Å²) in [7, 11) is -1.23. The molecule has 2 atom stereocenters. The Balaban J connectivity index is 2.35. The number of hydrogen-bond donors (Lipinski definition) is 1. The van der Waals surface area contributed by atoms with Crippen molar-refractivity contribution in [1.29, 1.82) is 0 Å². The van der Waals surface area contributed by atoms with Crippen LogP contribution in [0.25, 0.3) is 0 Å². The molecular weight excluding hydrogens is 248 g/mol. The number of benzene rings is 1. The van der Waals surface area contributed by atoms with E-state index >= 15 is 0 Å². The van der Waals surface area contributed by atoms with Crippen molar-refractivity contribution < 1.29 is 8.42 Å². The largest absolute Gasteiger partial charge is 0.313 e. The van der Waals surface area contributed by atoms with Gasteiger partial charge >= 0.3 is 0 Å². The third kappa shape index (κ3) is 2.52. The van der Waals surface area contributed by atoms with E-state index in [1.165, 1.54) is 4.31 Å². The zero-order valence-corrected chi connectivity index (χ0v) is 11.9. The average Bonchev–Trinajstić information content (AvgIpc) is 2.61. The summed E-state index contributed by atoms with van der Waals surface area (Å²) in [6.45, 7) is 4.61. The molecule has 0 aliphatic carbocycles. The minimum Gasteiger partial charge on any atom is -0.313 e. The van der Waals surface area contributed by atoms with Gasteiger partial charge in [0.2, 0.25) is 10.0 Å². The Morgan fingerprint density at radius 3 is 2.72 bits per heavy atom. The highest BCUT2D eigenvalue weighted by Crippen LogP contribution is 2.28. The summed E-state index contributed by atoms with van der Waals surface area (Å²) >= 11 is 0. The number of nitrogens with zero attached hydrogens (tertiary/aromatic N) is 1. The van der Waals surface area contributed by atoms with Crippen LogP contribution < -0.4 is 9.62 Å². The normalized spacial score (nSPS) is 24.2. The summed E-state index contributed by atoms with van der Waals surface area (Å²) < 4.78 is 25.6. The van der Waals surface area contributed by atoms with Crippen LogP contribution in [0.4, 0.5) is 5.69 Å². The summed E-state index contributed by atoms with van der Waals surface area (Å²) in [6, 6.07) is 7.96. The van der Waals surface area contributed by atoms with E-state index in [0.717, 1.165) is 11.3 Å². The molecule has 1 aromatic rings. The summed E-state index contributed by atoms with van der Waals surface area (Å²) in [5, 5.41) is 3.16. The molecule has 1 N–H and O–H groups in total. The van der Waals surface area contributed by atoms with E-state index in [1.54, 1.807) is 0 Å². The van der Waals surface area contributed by atoms with Crippen molar-refractivity contribution in [3.8, 4) is 0 Å². The highest BCUT2D eigenvalue weighted by Gasteiger charge is 2.33. The van der Waals surface area contributed by atoms with Crippen LogP contribution in [0.5, 0.6) is 0 Å². The maximum atomic E-state index is 12.0. The first-order valence-electron chi connectivity index (χ1n) is 6.21. The maximum absolute atomic E-state index is 12.0. The summed E-state index contributed by atoms with van der Waals surface area (Å²) in [4.78, 5) is 0. The van der Waals surface area contributed by atoms with Gasteiger partial charge in [-0.25, -0.2) is 8.42 Å². The SMILES string of the molecule is CN[C@H](C)c1cccc(N2C[C@H](C)CS2(=O)=O)c1. The molecule has 5 heteroatoms. The van der Waals surface area contributed by atoms with Crippen LogP contribution in [0.1, 0.15) is 25.5 Å². The minimum atomic E-state index is -3.13. The molecule has 1 heterocycles. The molecule has 18 heavy (non-hydrogen) atoms. The average molecular weight is 268 g/mol. The molecule has 0 unspecified atom stereocenters. The standard InChI is InChI=1S/C13H20N2O2S/c1-10-8-15(18(16,17)9-10)13-6-4-5-12(7-13)11(2)14-3/h4-7,10-11,14H,8-9H2,1-3H3/t10-,11+/m0/s1. The van der Waals surface area contributed by atoms with Crippen molar-refractivity contribution in [2.75, 3.05) is 23.7 Å². The topological polar surface area (TPSA) is 49.4 Å². The van der Waals surface area contributed by atoms with Gasteiger partial charge in [-0.2, -0.15) is 0 Å². The van der Waals surface area contributed by atoms with Gasteiger partial charge in [0.25, 0.3) is 0 Å². The van der Waals surface area contributed by atoms with E-state index in [0.29, 0.717) is 6.54 Å². The quantitative estimate of drug-likeness (QED) is 0.908. The van der Waals surface area contributed by atoms with Gasteiger partial charge in [-0.3, -0.25) is 4.31 Å². The summed E-state index contributed by atoms with van der Waals surface area (Å²) in [6.07, 6.45) is 0. The van der Waals surface area contributed by atoms with Crippen molar-refractivity contribution in [3.63, 3.8) is 0 Å². The van der Waals surface area contributed by atoms with Gasteiger partial charge in [-0.15, -0.1) is 0 Å². The minimum absolute atomic E-state index is 0.195. The first-order chi connectivity index (χ1) is 8.44. The lowest BCUT2D eigenvalue weighted by Gasteiger charge is -2.19. The second-order valence-electron chi connectivity index (χ2n) is 5.02. The molecule has 0 aromatic heterocycles. The van der Waals surface area contributed by atoms with Crippen molar-refractivity contribution in [1.82, 2.24) is 5.32 Å². The van der Waals surface area contributed by atoms with E-state index in [9.17, 15) is 8.42 Å². The predicted molar refractivity (Wildman–Crippen MR) is 74.2 cm³/mol. The number of nitrogens with one attached hydrogen (secondary N) is 1. The predicted octanol–water partition coefficient (Wildman–Crippen LogP) is 1.75. The lowest BCUT2D eigenvalue weighted by Crippen LogP contribution is -2.25. The molecule has 2 rings (SSSR count). The third-order valence-corrected chi connectivity index (χ3v) is 5.42. The molecule has 1 aliphatic heterocycles. The Bertz CT molecular complexity index is 528. The maximum Gasteiger partial charge on any atom is 0.235 e. The fourth-order valence-electron chi connectivity index (χ4n) is 2.28. The van der Waals surface area contributed by atoms with Crippen molar-refractivity contribution in [3.05, 3.63) is 29.8 Å². The number of hydrogen-bond acceptors (Lipinski definition) is 3.